The third kappa shape index (κ3) is 6.15. The van der Waals surface area contributed by atoms with Crippen molar-refractivity contribution >= 4 is 35.7 Å². The van der Waals surface area contributed by atoms with E-state index in [4.69, 9.17) is 24.4 Å². The summed E-state index contributed by atoms with van der Waals surface area (Å²) in [6.07, 6.45) is -4.29. The van der Waals surface area contributed by atoms with E-state index >= 15 is 0 Å². The summed E-state index contributed by atoms with van der Waals surface area (Å²) in [6, 6.07) is 2.93. The lowest BCUT2D eigenvalue weighted by Crippen LogP contribution is -2.75. The summed E-state index contributed by atoms with van der Waals surface area (Å²) in [5.41, 5.74) is -0.841. The number of likely N-dealkylation sites (tertiary alicyclic amines) is 1. The van der Waals surface area contributed by atoms with Crippen LogP contribution in [-0.2, 0) is 50.1 Å². The van der Waals surface area contributed by atoms with Gasteiger partial charge in [0.1, 0.15) is 23.6 Å². The van der Waals surface area contributed by atoms with Gasteiger partial charge in [0.05, 0.1) is 37.1 Å². The highest BCUT2D eigenvalue weighted by Gasteiger charge is 2.74. The minimum absolute atomic E-state index is 0.0898. The number of phenolic OH excluding ortho intramolecular Hbond substituents is 1. The molecule has 17 nitrogen and oxygen atoms in total. The first-order valence-electron chi connectivity index (χ1n) is 15.4. The number of benzene rings is 1. The molecule has 2 bridgehead atoms. The lowest BCUT2D eigenvalue weighted by Gasteiger charge is -2.62. The van der Waals surface area contributed by atoms with Gasteiger partial charge in [0.25, 0.3) is 0 Å². The molecule has 1 saturated heterocycles. The summed E-state index contributed by atoms with van der Waals surface area (Å²) in [5, 5.41) is 52.4. The second-order valence-electron chi connectivity index (χ2n) is 12.3. The van der Waals surface area contributed by atoms with Crippen LogP contribution in [0.3, 0.4) is 0 Å². The van der Waals surface area contributed by atoms with Gasteiger partial charge < -0.3 is 50.4 Å². The van der Waals surface area contributed by atoms with E-state index in [1.54, 1.807) is 12.1 Å². The standard InChI is InChI=1S/C31H37N3O14/c1-34-11-8-30-25-15-2-3-16(35)26(25)47-27(30)19(46-23(42)5-9-32-28(44)17(36)13-21(38)39)4-7-31(30,20(34)12-15)48-24(43)6-10-33-29(45)18(37)14-22(40)41/h2-4,17-18,20,27,35-37H,5-14H2,1H3,(H,32,44)(H,33,45)(H,38,39)(H,40,41)/t17?,18?,20-,27+,30+,31-/m1/s1. The van der Waals surface area contributed by atoms with Gasteiger partial charge in [0, 0.05) is 25.1 Å². The number of carbonyl (C=O) groups is 6. The Hall–Kier alpha value is -4.74. The Kier molecular flexibility index (Phi) is 9.66. The molecule has 2 aliphatic carbocycles. The number of aliphatic carboxylic acids is 2. The quantitative estimate of drug-likeness (QED) is 0.110. The maximum absolute atomic E-state index is 13.4. The first kappa shape index (κ1) is 34.6. The van der Waals surface area contributed by atoms with Crippen LogP contribution in [0.1, 0.15) is 49.7 Å². The lowest BCUT2D eigenvalue weighted by molar-refractivity contribution is -0.206. The van der Waals surface area contributed by atoms with Crippen molar-refractivity contribution in [2.24, 2.45) is 0 Å². The number of aliphatic hydroxyl groups excluding tert-OH is 2. The number of ether oxygens (including phenoxy) is 3. The molecule has 1 aromatic rings. The van der Waals surface area contributed by atoms with Crippen LogP contribution >= 0.6 is 0 Å². The second kappa shape index (κ2) is 13.4. The van der Waals surface area contributed by atoms with Gasteiger partial charge in [-0.05, 0) is 44.1 Å². The van der Waals surface area contributed by atoms with Crippen LogP contribution in [0.2, 0.25) is 0 Å². The zero-order valence-corrected chi connectivity index (χ0v) is 26.0. The second-order valence-corrected chi connectivity index (χ2v) is 12.3. The van der Waals surface area contributed by atoms with Crippen LogP contribution in [-0.4, -0.2) is 123 Å². The van der Waals surface area contributed by atoms with Crippen LogP contribution < -0.4 is 15.4 Å². The van der Waals surface area contributed by atoms with E-state index in [0.29, 0.717) is 24.9 Å². The molecule has 2 amide bonds. The van der Waals surface area contributed by atoms with Crippen LogP contribution in [0.25, 0.3) is 0 Å². The molecule has 17 heteroatoms. The van der Waals surface area contributed by atoms with Crippen LogP contribution in [0.4, 0.5) is 0 Å². The molecule has 1 aromatic carbocycles. The monoisotopic (exact) mass is 675 g/mol. The van der Waals surface area contributed by atoms with Crippen molar-refractivity contribution in [2.45, 2.75) is 80.3 Å². The predicted octanol–water partition coefficient (Wildman–Crippen LogP) is -1.55. The Morgan fingerprint density at radius 3 is 2.19 bits per heavy atom. The van der Waals surface area contributed by atoms with Crippen molar-refractivity contribution in [3.05, 3.63) is 35.1 Å². The first-order valence-corrected chi connectivity index (χ1v) is 15.4. The summed E-state index contributed by atoms with van der Waals surface area (Å²) in [6.45, 7) is 0.0621. The van der Waals surface area contributed by atoms with Gasteiger partial charge in [-0.3, -0.25) is 33.7 Å². The van der Waals surface area contributed by atoms with E-state index < -0.39 is 77.9 Å². The summed E-state index contributed by atoms with van der Waals surface area (Å²) in [4.78, 5) is 74.0. The molecule has 0 radical (unpaired) electrons. The van der Waals surface area contributed by atoms with Gasteiger partial charge >= 0.3 is 23.9 Å². The number of aromatic hydroxyl groups is 1. The maximum Gasteiger partial charge on any atom is 0.312 e. The third-order valence-electron chi connectivity index (χ3n) is 9.44. The molecule has 260 valence electrons. The third-order valence-corrected chi connectivity index (χ3v) is 9.44. The predicted molar refractivity (Wildman–Crippen MR) is 158 cm³/mol. The molecule has 1 spiro atoms. The number of hydrogen-bond acceptors (Lipinski definition) is 13. The molecule has 7 N–H and O–H groups in total. The largest absolute Gasteiger partial charge is 0.504 e. The highest BCUT2D eigenvalue weighted by atomic mass is 16.6. The fourth-order valence-corrected chi connectivity index (χ4v) is 7.37. The minimum atomic E-state index is -1.79. The summed E-state index contributed by atoms with van der Waals surface area (Å²) >= 11 is 0. The molecule has 2 aliphatic heterocycles. The summed E-state index contributed by atoms with van der Waals surface area (Å²) < 4.78 is 18.5. The number of hydrogen-bond donors (Lipinski definition) is 7. The average Bonchev–Trinajstić information content (AvgIpc) is 3.37. The zero-order chi connectivity index (χ0) is 35.0. The molecular formula is C31H37N3O14. The van der Waals surface area contributed by atoms with E-state index in [2.05, 4.69) is 15.5 Å². The zero-order valence-electron chi connectivity index (χ0n) is 26.0. The number of nitrogens with zero attached hydrogens (tertiary/aromatic N) is 1. The Morgan fingerprint density at radius 1 is 0.979 bits per heavy atom. The van der Waals surface area contributed by atoms with Crippen molar-refractivity contribution in [2.75, 3.05) is 26.7 Å². The van der Waals surface area contributed by atoms with Crippen molar-refractivity contribution < 1.29 is 68.5 Å². The number of nitrogens with one attached hydrogen (secondary N) is 2. The Bertz CT molecular complexity index is 1560. The number of amides is 2. The minimum Gasteiger partial charge on any atom is -0.504 e. The number of aliphatic hydroxyl groups is 2. The van der Waals surface area contributed by atoms with Gasteiger partial charge in [0.2, 0.25) is 11.8 Å². The Labute approximate surface area is 273 Å². The molecule has 0 saturated carbocycles. The molecular weight excluding hydrogens is 638 g/mol. The molecule has 4 aliphatic rings. The van der Waals surface area contributed by atoms with Gasteiger partial charge in [-0.25, -0.2) is 0 Å². The number of esters is 2. The summed E-state index contributed by atoms with van der Waals surface area (Å²) in [5.74, 6) is -5.93. The first-order chi connectivity index (χ1) is 22.7. The smallest absolute Gasteiger partial charge is 0.312 e. The van der Waals surface area contributed by atoms with Gasteiger partial charge in [0.15, 0.2) is 17.6 Å². The van der Waals surface area contributed by atoms with Crippen LogP contribution in [0.5, 0.6) is 11.5 Å². The van der Waals surface area contributed by atoms with E-state index in [1.165, 1.54) is 6.07 Å². The molecule has 6 atom stereocenters. The number of phenols is 1. The van der Waals surface area contributed by atoms with Gasteiger partial charge in [-0.1, -0.05) is 6.07 Å². The van der Waals surface area contributed by atoms with Crippen LogP contribution in [0.15, 0.2) is 24.0 Å². The van der Waals surface area contributed by atoms with Crippen molar-refractivity contribution in [3.8, 4) is 11.5 Å². The maximum atomic E-state index is 13.4. The Balaban J connectivity index is 1.37. The number of carboxylic acids is 2. The molecule has 5 rings (SSSR count). The van der Waals surface area contributed by atoms with Crippen LogP contribution in [0, 0.1) is 0 Å². The molecule has 1 fully saturated rings. The number of piperidine rings is 1. The van der Waals surface area contributed by atoms with E-state index in [0.717, 1.165) is 5.56 Å². The van der Waals surface area contributed by atoms with Gasteiger partial charge in [-0.2, -0.15) is 0 Å². The highest BCUT2D eigenvalue weighted by Crippen LogP contribution is 2.66. The average molecular weight is 676 g/mol. The fourth-order valence-electron chi connectivity index (χ4n) is 7.37. The number of carbonyl (C=O) groups excluding carboxylic acids is 4. The van der Waals surface area contributed by atoms with Gasteiger partial charge in [-0.15, -0.1) is 0 Å². The number of likely N-dealkylation sites (N-methyl/N-ethyl adjacent to an activating group) is 1. The summed E-state index contributed by atoms with van der Waals surface area (Å²) in [7, 11) is 1.90. The fraction of sp³-hybridized carbons (Fsp3) is 0.548. The molecule has 48 heavy (non-hydrogen) atoms. The normalized spacial score (nSPS) is 26.1. The van der Waals surface area contributed by atoms with E-state index in [9.17, 15) is 44.1 Å². The number of rotatable bonds is 14. The molecule has 2 heterocycles. The highest BCUT2D eigenvalue weighted by molar-refractivity contribution is 5.86. The topological polar surface area (TPSA) is 259 Å². The molecule has 0 aromatic heterocycles. The Morgan fingerprint density at radius 2 is 1.58 bits per heavy atom. The van der Waals surface area contributed by atoms with Crippen molar-refractivity contribution in [3.63, 3.8) is 0 Å². The SMILES string of the molecule is CN1CC[C@]23c4c5ccc(O)c4O[C@H]2C(OC(=O)CCNC(=O)C(O)CC(=O)O)=CC[C@@]3(OC(=O)CCNC(=O)C(O)CC(=O)O)[C@H]1C5. The van der Waals surface area contributed by atoms with E-state index in [-0.39, 0.29) is 55.7 Å². The number of carboxylic acid groups (broad SMARTS) is 2. The van der Waals surface area contributed by atoms with E-state index in [1.807, 2.05) is 7.05 Å². The molecule has 2 unspecified atom stereocenters. The lowest BCUT2D eigenvalue weighted by atomic mass is 9.50. The van der Waals surface area contributed by atoms with Crippen molar-refractivity contribution in [1.82, 2.24) is 15.5 Å². The van der Waals surface area contributed by atoms with Crippen molar-refractivity contribution in [1.29, 1.82) is 0 Å².